The summed E-state index contributed by atoms with van der Waals surface area (Å²) in [4.78, 5) is 35.5. The smallest absolute Gasteiger partial charge is 0.243 e. The molecule has 3 aliphatic heterocycles. The highest BCUT2D eigenvalue weighted by Crippen LogP contribution is 2.54. The van der Waals surface area contributed by atoms with Crippen LogP contribution in [0.5, 0.6) is 0 Å². The summed E-state index contributed by atoms with van der Waals surface area (Å²) in [7, 11) is 0. The van der Waals surface area contributed by atoms with Gasteiger partial charge in [-0.25, -0.2) is 19.9 Å². The number of hydrogen-bond acceptors (Lipinski definition) is 9. The van der Waals surface area contributed by atoms with Gasteiger partial charge < -0.3 is 20.5 Å². The molecular weight excluding hydrogens is 398 g/mol. The van der Waals surface area contributed by atoms with Gasteiger partial charge in [-0.3, -0.25) is 9.69 Å². The summed E-state index contributed by atoms with van der Waals surface area (Å²) in [5, 5.41) is 9.58. The molecule has 1 saturated carbocycles. The van der Waals surface area contributed by atoms with Crippen LogP contribution in [-0.2, 0) is 21.6 Å². The molecule has 6 rings (SSSR count). The van der Waals surface area contributed by atoms with E-state index in [9.17, 15) is 9.90 Å². The van der Waals surface area contributed by atoms with Crippen molar-refractivity contribution in [2.24, 2.45) is 0 Å². The van der Waals surface area contributed by atoms with E-state index in [0.717, 1.165) is 38.5 Å². The van der Waals surface area contributed by atoms with Crippen molar-refractivity contribution in [1.82, 2.24) is 19.9 Å². The quantitative estimate of drug-likeness (QED) is 0.747. The number of morpholine rings is 1. The van der Waals surface area contributed by atoms with Gasteiger partial charge in [0.05, 0.1) is 54.4 Å². The fourth-order valence-corrected chi connectivity index (χ4v) is 5.82. The molecule has 3 fully saturated rings. The van der Waals surface area contributed by atoms with Gasteiger partial charge in [0, 0.05) is 0 Å². The standard InChI is InChI=1S/C21H25N7O3/c22-17-16-18(26-15(9-29)25-17)28(19(30)21(16)5-1-2-6-21)14-7-23-20(24-8-14)27-12-3-4-13(27)11-31-10-12/h7-8,12-13,29H,1-6,9-11H2,(H2,22,25,26). The van der Waals surface area contributed by atoms with E-state index in [1.54, 1.807) is 17.3 Å². The van der Waals surface area contributed by atoms with Crippen molar-refractivity contribution in [3.63, 3.8) is 0 Å². The first kappa shape index (κ1) is 18.9. The highest BCUT2D eigenvalue weighted by atomic mass is 16.5. The first-order chi connectivity index (χ1) is 15.1. The van der Waals surface area contributed by atoms with Gasteiger partial charge in [-0.05, 0) is 25.7 Å². The number of nitrogens with two attached hydrogens (primary N) is 1. The molecule has 4 aliphatic rings. The Morgan fingerprint density at radius 2 is 1.81 bits per heavy atom. The molecule has 3 N–H and O–H groups in total. The lowest BCUT2D eigenvalue weighted by Gasteiger charge is -2.34. The summed E-state index contributed by atoms with van der Waals surface area (Å²) in [6, 6.07) is 0.611. The highest BCUT2D eigenvalue weighted by Gasteiger charge is 2.55. The lowest BCUT2D eigenvalue weighted by atomic mass is 9.80. The van der Waals surface area contributed by atoms with Crippen LogP contribution in [0.25, 0.3) is 0 Å². The molecule has 2 atom stereocenters. The minimum atomic E-state index is -0.699. The van der Waals surface area contributed by atoms with Crippen LogP contribution < -0.4 is 15.5 Å². The number of aliphatic hydroxyl groups is 1. The highest BCUT2D eigenvalue weighted by molar-refractivity contribution is 6.13. The first-order valence-corrected chi connectivity index (χ1v) is 10.9. The topological polar surface area (TPSA) is 131 Å². The maximum atomic E-state index is 13.7. The van der Waals surface area contributed by atoms with E-state index >= 15 is 0 Å². The zero-order chi connectivity index (χ0) is 21.2. The number of rotatable bonds is 3. The molecule has 0 aromatic carbocycles. The van der Waals surface area contributed by atoms with Crippen molar-refractivity contribution < 1.29 is 14.6 Å². The molecule has 10 nitrogen and oxygen atoms in total. The molecule has 1 amide bonds. The van der Waals surface area contributed by atoms with Gasteiger partial charge >= 0.3 is 0 Å². The Balaban J connectivity index is 1.41. The van der Waals surface area contributed by atoms with E-state index < -0.39 is 5.41 Å². The largest absolute Gasteiger partial charge is 0.388 e. The molecule has 2 unspecified atom stereocenters. The molecule has 2 bridgehead atoms. The summed E-state index contributed by atoms with van der Waals surface area (Å²) in [5.74, 6) is 1.53. The second-order valence-corrected chi connectivity index (χ2v) is 8.88. The lowest BCUT2D eigenvalue weighted by Crippen LogP contribution is -2.46. The summed E-state index contributed by atoms with van der Waals surface area (Å²) in [6.45, 7) is 1.05. The molecule has 10 heteroatoms. The second-order valence-electron chi connectivity index (χ2n) is 8.88. The van der Waals surface area contributed by atoms with Crippen molar-refractivity contribution in [2.45, 2.75) is 62.6 Å². The maximum Gasteiger partial charge on any atom is 0.243 e. The molecule has 2 saturated heterocycles. The summed E-state index contributed by atoms with van der Waals surface area (Å²) in [6.07, 6.45) is 8.88. The summed E-state index contributed by atoms with van der Waals surface area (Å²) in [5.41, 5.74) is 6.81. The molecular formula is C21H25N7O3. The number of aliphatic hydroxyl groups excluding tert-OH is 1. The van der Waals surface area contributed by atoms with E-state index in [2.05, 4.69) is 24.8 Å². The Hall–Kier alpha value is -2.85. The number of ether oxygens (including phenoxy) is 1. The van der Waals surface area contributed by atoms with E-state index in [1.165, 1.54) is 0 Å². The van der Waals surface area contributed by atoms with Gasteiger partial charge in [-0.15, -0.1) is 0 Å². The van der Waals surface area contributed by atoms with Gasteiger partial charge in [0.1, 0.15) is 18.2 Å². The number of anilines is 4. The fourth-order valence-electron chi connectivity index (χ4n) is 5.82. The molecule has 0 radical (unpaired) electrons. The third-order valence-electron chi connectivity index (χ3n) is 7.22. The third-order valence-corrected chi connectivity index (χ3v) is 7.22. The van der Waals surface area contributed by atoms with Crippen molar-refractivity contribution in [3.8, 4) is 0 Å². The predicted molar refractivity (Wildman–Crippen MR) is 112 cm³/mol. The Bertz CT molecular complexity index is 1020. The van der Waals surface area contributed by atoms with Gasteiger partial charge in [-0.1, -0.05) is 12.8 Å². The van der Waals surface area contributed by atoms with Gasteiger partial charge in [-0.2, -0.15) is 0 Å². The van der Waals surface area contributed by atoms with Crippen LogP contribution in [0.4, 0.5) is 23.3 Å². The molecule has 1 spiro atoms. The van der Waals surface area contributed by atoms with Crippen LogP contribution >= 0.6 is 0 Å². The maximum absolute atomic E-state index is 13.7. The van der Waals surface area contributed by atoms with Crippen molar-refractivity contribution in [1.29, 1.82) is 0 Å². The molecule has 162 valence electrons. The third kappa shape index (κ3) is 2.61. The Kier molecular flexibility index (Phi) is 4.16. The van der Waals surface area contributed by atoms with Crippen LogP contribution in [0.3, 0.4) is 0 Å². The van der Waals surface area contributed by atoms with E-state index in [4.69, 9.17) is 10.5 Å². The number of amides is 1. The normalized spacial score (nSPS) is 26.2. The van der Waals surface area contributed by atoms with Gasteiger partial charge in [0.2, 0.25) is 11.9 Å². The number of nitrogens with zero attached hydrogens (tertiary/aromatic N) is 6. The SMILES string of the molecule is Nc1nc(CO)nc2c1C1(CCCC1)C(=O)N2c1cnc(N2C3CCC2COC3)nc1. The lowest BCUT2D eigenvalue weighted by molar-refractivity contribution is -0.122. The molecule has 5 heterocycles. The summed E-state index contributed by atoms with van der Waals surface area (Å²) < 4.78 is 5.66. The fraction of sp³-hybridized carbons (Fsp3) is 0.571. The zero-order valence-corrected chi connectivity index (χ0v) is 17.2. The van der Waals surface area contributed by atoms with Crippen LogP contribution in [0.2, 0.25) is 0 Å². The van der Waals surface area contributed by atoms with E-state index in [1.807, 2.05) is 0 Å². The number of fused-ring (bicyclic) bond motifs is 4. The second kappa shape index (κ2) is 6.83. The van der Waals surface area contributed by atoms with Gasteiger partial charge in [0.15, 0.2) is 5.82 Å². The van der Waals surface area contributed by atoms with Crippen molar-refractivity contribution >= 4 is 29.2 Å². The predicted octanol–water partition coefficient (Wildman–Crippen LogP) is 1.20. The first-order valence-electron chi connectivity index (χ1n) is 10.9. The zero-order valence-electron chi connectivity index (χ0n) is 17.2. The monoisotopic (exact) mass is 423 g/mol. The molecule has 1 aliphatic carbocycles. The average Bonchev–Trinajstić information content (AvgIpc) is 3.43. The number of carbonyl (C=O) groups is 1. The minimum Gasteiger partial charge on any atom is -0.388 e. The Labute approximate surface area is 179 Å². The average molecular weight is 423 g/mol. The van der Waals surface area contributed by atoms with Crippen LogP contribution in [0.1, 0.15) is 49.9 Å². The number of carbonyl (C=O) groups excluding carboxylic acids is 1. The summed E-state index contributed by atoms with van der Waals surface area (Å²) >= 11 is 0. The van der Waals surface area contributed by atoms with Crippen molar-refractivity contribution in [2.75, 3.05) is 28.7 Å². The number of hydrogen-bond donors (Lipinski definition) is 2. The Morgan fingerprint density at radius 3 is 2.45 bits per heavy atom. The van der Waals surface area contributed by atoms with Crippen LogP contribution in [0, 0.1) is 0 Å². The Morgan fingerprint density at radius 1 is 1.13 bits per heavy atom. The van der Waals surface area contributed by atoms with Crippen LogP contribution in [0.15, 0.2) is 12.4 Å². The van der Waals surface area contributed by atoms with Crippen molar-refractivity contribution in [3.05, 3.63) is 23.8 Å². The molecule has 2 aromatic rings. The minimum absolute atomic E-state index is 0.0566. The number of nitrogen functional groups attached to an aromatic ring is 1. The van der Waals surface area contributed by atoms with Gasteiger partial charge in [0.25, 0.3) is 0 Å². The molecule has 2 aromatic heterocycles. The van der Waals surface area contributed by atoms with E-state index in [-0.39, 0.29) is 24.2 Å². The van der Waals surface area contributed by atoms with E-state index in [0.29, 0.717) is 48.3 Å². The molecule has 31 heavy (non-hydrogen) atoms. The van der Waals surface area contributed by atoms with Crippen LogP contribution in [-0.4, -0.2) is 56.2 Å². The number of aromatic nitrogens is 4.